The lowest BCUT2D eigenvalue weighted by atomic mass is 10.2. The Hall–Kier alpha value is -1.41. The minimum Gasteiger partial charge on any atom is -0.351 e. The summed E-state index contributed by atoms with van der Waals surface area (Å²) in [6.07, 6.45) is -0.649. The molecule has 0 atom stereocenters. The molecular weight excluding hydrogens is 418 g/mol. The summed E-state index contributed by atoms with van der Waals surface area (Å²) in [6.45, 7) is 6.58. The van der Waals surface area contributed by atoms with Gasteiger partial charge in [0.2, 0.25) is 0 Å². The van der Waals surface area contributed by atoms with Crippen molar-refractivity contribution >= 4 is 31.6 Å². The summed E-state index contributed by atoms with van der Waals surface area (Å²) in [7, 11) is -3.76. The summed E-state index contributed by atoms with van der Waals surface area (Å²) in [6, 6.07) is 13.8. The quantitative estimate of drug-likeness (QED) is 0.542. The van der Waals surface area contributed by atoms with Gasteiger partial charge in [0.1, 0.15) is 0 Å². The maximum absolute atomic E-state index is 13.3. The Morgan fingerprint density at radius 2 is 1.65 bits per heavy atom. The van der Waals surface area contributed by atoms with Crippen LogP contribution in [0.25, 0.3) is 0 Å². The molecule has 26 heavy (non-hydrogen) atoms. The second-order valence-corrected chi connectivity index (χ2v) is 8.34. The molecule has 0 unspecified atom stereocenters. The van der Waals surface area contributed by atoms with Crippen LogP contribution in [-0.2, 0) is 19.5 Å². The summed E-state index contributed by atoms with van der Waals surface area (Å²) in [5, 5.41) is 0. The van der Waals surface area contributed by atoms with Crippen molar-refractivity contribution in [2.75, 3.05) is 24.1 Å². The first-order valence-corrected chi connectivity index (χ1v) is 10.7. The molecule has 0 fully saturated rings. The predicted molar refractivity (Wildman–Crippen MR) is 107 cm³/mol. The number of benzene rings is 2. The van der Waals surface area contributed by atoms with Crippen LogP contribution in [0, 0.1) is 6.92 Å². The Morgan fingerprint density at radius 1 is 1.04 bits per heavy atom. The molecule has 0 saturated carbocycles. The van der Waals surface area contributed by atoms with E-state index >= 15 is 0 Å². The summed E-state index contributed by atoms with van der Waals surface area (Å²) < 4.78 is 39.9. The van der Waals surface area contributed by atoms with Crippen LogP contribution >= 0.6 is 15.9 Å². The standard InChI is InChI=1S/C19H24BrNO4S/c1-4-24-19(25-5-2)14-21(16-12-11-15(3)18(20)13-16)26(22,23)17-9-7-6-8-10-17/h6-13,19H,4-5,14H2,1-3H3. The molecule has 0 aliphatic heterocycles. The molecule has 0 heterocycles. The first kappa shape index (κ1) is 20.9. The lowest BCUT2D eigenvalue weighted by molar-refractivity contribution is -0.128. The topological polar surface area (TPSA) is 55.8 Å². The molecule has 0 spiro atoms. The van der Waals surface area contributed by atoms with Crippen molar-refractivity contribution in [3.8, 4) is 0 Å². The Bertz CT molecular complexity index is 806. The van der Waals surface area contributed by atoms with Gasteiger partial charge in [0, 0.05) is 17.7 Å². The van der Waals surface area contributed by atoms with Gasteiger partial charge in [-0.05, 0) is 50.6 Å². The maximum atomic E-state index is 13.3. The van der Waals surface area contributed by atoms with E-state index in [9.17, 15) is 8.42 Å². The number of rotatable bonds is 9. The number of anilines is 1. The highest BCUT2D eigenvalue weighted by Gasteiger charge is 2.28. The number of aryl methyl sites for hydroxylation is 1. The highest BCUT2D eigenvalue weighted by atomic mass is 79.9. The Morgan fingerprint density at radius 3 is 2.19 bits per heavy atom. The molecule has 2 rings (SSSR count). The number of ether oxygens (including phenoxy) is 2. The number of halogens is 1. The van der Waals surface area contributed by atoms with Crippen LogP contribution in [0.4, 0.5) is 5.69 Å². The summed E-state index contributed by atoms with van der Waals surface area (Å²) >= 11 is 3.48. The van der Waals surface area contributed by atoms with Gasteiger partial charge >= 0.3 is 0 Å². The van der Waals surface area contributed by atoms with Gasteiger partial charge in [0.25, 0.3) is 10.0 Å². The SMILES string of the molecule is CCOC(CN(c1ccc(C)c(Br)c1)S(=O)(=O)c1ccccc1)OCC. The number of sulfonamides is 1. The van der Waals surface area contributed by atoms with E-state index in [1.165, 1.54) is 4.31 Å². The van der Waals surface area contributed by atoms with Crippen molar-refractivity contribution in [1.29, 1.82) is 0 Å². The van der Waals surface area contributed by atoms with Gasteiger partial charge in [-0.3, -0.25) is 4.31 Å². The van der Waals surface area contributed by atoms with Crippen molar-refractivity contribution in [2.24, 2.45) is 0 Å². The fraction of sp³-hybridized carbons (Fsp3) is 0.368. The van der Waals surface area contributed by atoms with E-state index in [0.717, 1.165) is 10.0 Å². The summed E-state index contributed by atoms with van der Waals surface area (Å²) in [5.41, 5.74) is 1.58. The van der Waals surface area contributed by atoms with Crippen LogP contribution in [0.1, 0.15) is 19.4 Å². The van der Waals surface area contributed by atoms with Crippen molar-refractivity contribution in [1.82, 2.24) is 0 Å². The Labute approximate surface area is 164 Å². The molecule has 142 valence electrons. The monoisotopic (exact) mass is 441 g/mol. The van der Waals surface area contributed by atoms with E-state index < -0.39 is 16.3 Å². The van der Waals surface area contributed by atoms with Gasteiger partial charge in [0.05, 0.1) is 17.1 Å². The second-order valence-electron chi connectivity index (χ2n) is 5.62. The van der Waals surface area contributed by atoms with E-state index in [1.54, 1.807) is 42.5 Å². The maximum Gasteiger partial charge on any atom is 0.264 e. The largest absolute Gasteiger partial charge is 0.351 e. The van der Waals surface area contributed by atoms with Crippen LogP contribution in [0.5, 0.6) is 0 Å². The molecule has 0 saturated heterocycles. The van der Waals surface area contributed by atoms with Crippen molar-refractivity contribution in [3.63, 3.8) is 0 Å². The zero-order chi connectivity index (χ0) is 19.2. The molecule has 7 heteroatoms. The van der Waals surface area contributed by atoms with Gasteiger partial charge in [-0.2, -0.15) is 0 Å². The van der Waals surface area contributed by atoms with Crippen LogP contribution in [0.3, 0.4) is 0 Å². The zero-order valence-corrected chi connectivity index (χ0v) is 17.6. The van der Waals surface area contributed by atoms with Gasteiger partial charge in [-0.25, -0.2) is 8.42 Å². The minimum atomic E-state index is -3.76. The lowest BCUT2D eigenvalue weighted by Crippen LogP contribution is -2.40. The van der Waals surface area contributed by atoms with Crippen LogP contribution in [0.15, 0.2) is 57.9 Å². The molecule has 5 nitrogen and oxygen atoms in total. The highest BCUT2D eigenvalue weighted by Crippen LogP contribution is 2.28. The van der Waals surface area contributed by atoms with E-state index in [1.807, 2.05) is 26.8 Å². The fourth-order valence-electron chi connectivity index (χ4n) is 2.46. The van der Waals surface area contributed by atoms with Gasteiger partial charge < -0.3 is 9.47 Å². The summed E-state index contributed by atoms with van der Waals surface area (Å²) in [4.78, 5) is 0.225. The van der Waals surface area contributed by atoms with Crippen LogP contribution < -0.4 is 4.31 Å². The molecule has 2 aromatic carbocycles. The third-order valence-electron chi connectivity index (χ3n) is 3.79. The van der Waals surface area contributed by atoms with Gasteiger partial charge in [-0.1, -0.05) is 40.2 Å². The first-order chi connectivity index (χ1) is 12.4. The van der Waals surface area contributed by atoms with Crippen molar-refractivity contribution < 1.29 is 17.9 Å². The predicted octanol–water partition coefficient (Wildman–Crippen LogP) is 4.35. The van der Waals surface area contributed by atoms with Crippen molar-refractivity contribution in [2.45, 2.75) is 32.0 Å². The summed E-state index contributed by atoms with van der Waals surface area (Å²) in [5.74, 6) is 0. The average Bonchev–Trinajstić information content (AvgIpc) is 2.63. The normalized spacial score (nSPS) is 11.7. The Kier molecular flexibility index (Phi) is 7.64. The number of nitrogens with zero attached hydrogens (tertiary/aromatic N) is 1. The number of hydrogen-bond donors (Lipinski definition) is 0. The van der Waals surface area contributed by atoms with Crippen LogP contribution in [-0.4, -0.2) is 34.5 Å². The smallest absolute Gasteiger partial charge is 0.264 e. The van der Waals surface area contributed by atoms with Gasteiger partial charge in [0.15, 0.2) is 6.29 Å². The first-order valence-electron chi connectivity index (χ1n) is 8.47. The molecular formula is C19H24BrNO4S. The minimum absolute atomic E-state index is 0.0639. The molecule has 0 aliphatic rings. The van der Waals surface area contributed by atoms with Crippen LogP contribution in [0.2, 0.25) is 0 Å². The molecule has 0 aromatic heterocycles. The zero-order valence-electron chi connectivity index (χ0n) is 15.2. The van der Waals surface area contributed by atoms with E-state index in [2.05, 4.69) is 15.9 Å². The Balaban J connectivity index is 2.48. The van der Waals surface area contributed by atoms with Gasteiger partial charge in [-0.15, -0.1) is 0 Å². The van der Waals surface area contributed by atoms with E-state index in [-0.39, 0.29) is 11.4 Å². The van der Waals surface area contributed by atoms with E-state index in [0.29, 0.717) is 18.9 Å². The van der Waals surface area contributed by atoms with E-state index in [4.69, 9.17) is 9.47 Å². The number of hydrogen-bond acceptors (Lipinski definition) is 4. The van der Waals surface area contributed by atoms with Crippen molar-refractivity contribution in [3.05, 3.63) is 58.6 Å². The molecule has 0 amide bonds. The molecule has 0 aliphatic carbocycles. The fourth-order valence-corrected chi connectivity index (χ4v) is 4.29. The second kappa shape index (κ2) is 9.50. The lowest BCUT2D eigenvalue weighted by Gasteiger charge is -2.29. The highest BCUT2D eigenvalue weighted by molar-refractivity contribution is 9.10. The molecule has 2 aromatic rings. The molecule has 0 radical (unpaired) electrons. The third kappa shape index (κ3) is 5.07. The molecule has 0 N–H and O–H groups in total. The average molecular weight is 442 g/mol. The third-order valence-corrected chi connectivity index (χ3v) is 6.46. The molecule has 0 bridgehead atoms.